The lowest BCUT2D eigenvalue weighted by molar-refractivity contribution is 0.0948. The Morgan fingerprint density at radius 2 is 1.84 bits per heavy atom. The summed E-state index contributed by atoms with van der Waals surface area (Å²) in [7, 11) is 4.05. The SMILES string of the molecule is Cc1ccc(-n2nc(C(=O)NCCCN(C)C)c3ccccc32)cc1. The van der Waals surface area contributed by atoms with Crippen LogP contribution in [0.3, 0.4) is 0 Å². The molecular formula is C20H24N4O. The predicted octanol–water partition coefficient (Wildman–Crippen LogP) is 3.02. The van der Waals surface area contributed by atoms with E-state index < -0.39 is 0 Å². The van der Waals surface area contributed by atoms with E-state index >= 15 is 0 Å². The number of hydrogen-bond acceptors (Lipinski definition) is 3. The summed E-state index contributed by atoms with van der Waals surface area (Å²) in [5.41, 5.74) is 3.55. The molecule has 1 heterocycles. The molecule has 25 heavy (non-hydrogen) atoms. The van der Waals surface area contributed by atoms with Gasteiger partial charge in [-0.1, -0.05) is 35.9 Å². The van der Waals surface area contributed by atoms with Gasteiger partial charge in [0, 0.05) is 11.9 Å². The molecule has 0 atom stereocenters. The maximum Gasteiger partial charge on any atom is 0.272 e. The molecule has 2 aromatic carbocycles. The fraction of sp³-hybridized carbons (Fsp3) is 0.300. The molecule has 0 aliphatic carbocycles. The first-order valence-corrected chi connectivity index (χ1v) is 8.54. The zero-order valence-electron chi connectivity index (χ0n) is 15.0. The number of para-hydroxylation sites is 1. The minimum Gasteiger partial charge on any atom is -0.351 e. The number of rotatable bonds is 6. The number of benzene rings is 2. The molecule has 0 radical (unpaired) electrons. The van der Waals surface area contributed by atoms with Crippen molar-refractivity contribution in [1.29, 1.82) is 0 Å². The molecule has 0 fully saturated rings. The van der Waals surface area contributed by atoms with Gasteiger partial charge in [0.05, 0.1) is 11.2 Å². The van der Waals surface area contributed by atoms with Crippen LogP contribution < -0.4 is 5.32 Å². The van der Waals surface area contributed by atoms with Crippen molar-refractivity contribution < 1.29 is 4.79 Å². The Labute approximate surface area is 148 Å². The minimum absolute atomic E-state index is 0.124. The lowest BCUT2D eigenvalue weighted by Crippen LogP contribution is -2.27. The summed E-state index contributed by atoms with van der Waals surface area (Å²) in [4.78, 5) is 14.7. The molecular weight excluding hydrogens is 312 g/mol. The molecule has 0 bridgehead atoms. The smallest absolute Gasteiger partial charge is 0.272 e. The van der Waals surface area contributed by atoms with Crippen molar-refractivity contribution in [3.05, 3.63) is 59.8 Å². The normalized spacial score (nSPS) is 11.2. The maximum absolute atomic E-state index is 12.6. The number of carbonyl (C=O) groups excluding carboxylic acids is 1. The lowest BCUT2D eigenvalue weighted by atomic mass is 10.2. The molecule has 1 aromatic heterocycles. The van der Waals surface area contributed by atoms with E-state index in [2.05, 4.69) is 22.2 Å². The third-order valence-electron chi connectivity index (χ3n) is 4.15. The molecule has 0 aliphatic rings. The third-order valence-corrected chi connectivity index (χ3v) is 4.15. The summed E-state index contributed by atoms with van der Waals surface area (Å²) >= 11 is 0. The summed E-state index contributed by atoms with van der Waals surface area (Å²) in [5.74, 6) is -0.124. The van der Waals surface area contributed by atoms with E-state index in [1.807, 2.05) is 67.3 Å². The first-order chi connectivity index (χ1) is 12.1. The average Bonchev–Trinajstić information content (AvgIpc) is 2.99. The number of amides is 1. The van der Waals surface area contributed by atoms with E-state index in [-0.39, 0.29) is 5.91 Å². The molecule has 0 unspecified atom stereocenters. The highest BCUT2D eigenvalue weighted by Gasteiger charge is 2.17. The fourth-order valence-corrected chi connectivity index (χ4v) is 2.80. The first kappa shape index (κ1) is 17.2. The number of aromatic nitrogens is 2. The van der Waals surface area contributed by atoms with Gasteiger partial charge < -0.3 is 10.2 Å². The highest BCUT2D eigenvalue weighted by molar-refractivity contribution is 6.05. The van der Waals surface area contributed by atoms with Crippen molar-refractivity contribution in [3.8, 4) is 5.69 Å². The summed E-state index contributed by atoms with van der Waals surface area (Å²) in [6.45, 7) is 3.64. The lowest BCUT2D eigenvalue weighted by Gasteiger charge is -2.09. The zero-order valence-corrected chi connectivity index (χ0v) is 15.0. The van der Waals surface area contributed by atoms with Crippen LogP contribution in [-0.2, 0) is 0 Å². The topological polar surface area (TPSA) is 50.2 Å². The van der Waals surface area contributed by atoms with Crippen LogP contribution in [0.15, 0.2) is 48.5 Å². The molecule has 0 spiro atoms. The van der Waals surface area contributed by atoms with Crippen LogP contribution in [0.5, 0.6) is 0 Å². The maximum atomic E-state index is 12.6. The minimum atomic E-state index is -0.124. The number of carbonyl (C=O) groups is 1. The van der Waals surface area contributed by atoms with Crippen LogP contribution in [0.25, 0.3) is 16.6 Å². The highest BCUT2D eigenvalue weighted by Crippen LogP contribution is 2.22. The standard InChI is InChI=1S/C20H24N4O/c1-15-9-11-16(12-10-15)24-18-8-5-4-7-17(18)19(22-24)20(25)21-13-6-14-23(2)3/h4-5,7-12H,6,13-14H2,1-3H3,(H,21,25). The molecule has 5 nitrogen and oxygen atoms in total. The molecule has 3 rings (SSSR count). The van der Waals surface area contributed by atoms with Crippen LogP contribution in [0, 0.1) is 6.92 Å². The number of nitrogens with zero attached hydrogens (tertiary/aromatic N) is 3. The van der Waals surface area contributed by atoms with Gasteiger partial charge in [0.1, 0.15) is 0 Å². The second-order valence-corrected chi connectivity index (χ2v) is 6.53. The highest BCUT2D eigenvalue weighted by atomic mass is 16.1. The molecule has 130 valence electrons. The Hall–Kier alpha value is -2.66. The second kappa shape index (κ2) is 7.49. The third kappa shape index (κ3) is 3.88. The Kier molecular flexibility index (Phi) is 5.14. The van der Waals surface area contributed by atoms with Crippen molar-refractivity contribution in [2.45, 2.75) is 13.3 Å². The Morgan fingerprint density at radius 3 is 2.56 bits per heavy atom. The van der Waals surface area contributed by atoms with E-state index in [0.29, 0.717) is 12.2 Å². The van der Waals surface area contributed by atoms with Crippen molar-refractivity contribution in [2.75, 3.05) is 27.2 Å². The van der Waals surface area contributed by atoms with E-state index in [4.69, 9.17) is 0 Å². The van der Waals surface area contributed by atoms with E-state index in [1.165, 1.54) is 5.56 Å². The van der Waals surface area contributed by atoms with Gasteiger partial charge in [0.2, 0.25) is 0 Å². The van der Waals surface area contributed by atoms with Gasteiger partial charge in [-0.25, -0.2) is 4.68 Å². The number of hydrogen-bond donors (Lipinski definition) is 1. The van der Waals surface area contributed by atoms with Gasteiger partial charge in [0.15, 0.2) is 5.69 Å². The predicted molar refractivity (Wildman–Crippen MR) is 101 cm³/mol. The van der Waals surface area contributed by atoms with Crippen LogP contribution in [-0.4, -0.2) is 47.8 Å². The molecule has 0 saturated heterocycles. The number of fused-ring (bicyclic) bond motifs is 1. The van der Waals surface area contributed by atoms with Crippen LogP contribution >= 0.6 is 0 Å². The van der Waals surface area contributed by atoms with E-state index in [9.17, 15) is 4.79 Å². The van der Waals surface area contributed by atoms with Gasteiger partial charge in [0.25, 0.3) is 5.91 Å². The molecule has 0 saturated carbocycles. The number of nitrogens with one attached hydrogen (secondary N) is 1. The van der Waals surface area contributed by atoms with Gasteiger partial charge in [-0.15, -0.1) is 0 Å². The summed E-state index contributed by atoms with van der Waals surface area (Å²) in [6.07, 6.45) is 0.912. The van der Waals surface area contributed by atoms with Gasteiger partial charge in [-0.2, -0.15) is 5.10 Å². The van der Waals surface area contributed by atoms with Gasteiger partial charge in [-0.3, -0.25) is 4.79 Å². The van der Waals surface area contributed by atoms with E-state index in [0.717, 1.165) is 29.6 Å². The molecule has 1 N–H and O–H groups in total. The molecule has 5 heteroatoms. The largest absolute Gasteiger partial charge is 0.351 e. The molecule has 0 aliphatic heterocycles. The van der Waals surface area contributed by atoms with Crippen molar-refractivity contribution in [2.24, 2.45) is 0 Å². The molecule has 3 aromatic rings. The first-order valence-electron chi connectivity index (χ1n) is 8.54. The van der Waals surface area contributed by atoms with Crippen molar-refractivity contribution >= 4 is 16.8 Å². The Morgan fingerprint density at radius 1 is 1.12 bits per heavy atom. The van der Waals surface area contributed by atoms with Crippen molar-refractivity contribution in [1.82, 2.24) is 20.0 Å². The van der Waals surface area contributed by atoms with Crippen LogP contribution in [0.4, 0.5) is 0 Å². The van der Waals surface area contributed by atoms with E-state index in [1.54, 1.807) is 0 Å². The zero-order chi connectivity index (χ0) is 17.8. The van der Waals surface area contributed by atoms with Gasteiger partial charge >= 0.3 is 0 Å². The summed E-state index contributed by atoms with van der Waals surface area (Å²) < 4.78 is 1.84. The molecule has 1 amide bonds. The summed E-state index contributed by atoms with van der Waals surface area (Å²) in [5, 5.41) is 8.44. The second-order valence-electron chi connectivity index (χ2n) is 6.53. The van der Waals surface area contributed by atoms with Crippen LogP contribution in [0.2, 0.25) is 0 Å². The Bertz CT molecular complexity index is 865. The fourth-order valence-electron chi connectivity index (χ4n) is 2.80. The summed E-state index contributed by atoms with van der Waals surface area (Å²) in [6, 6.07) is 16.0. The Balaban J connectivity index is 1.88. The monoisotopic (exact) mass is 336 g/mol. The van der Waals surface area contributed by atoms with Crippen molar-refractivity contribution in [3.63, 3.8) is 0 Å². The number of aryl methyl sites for hydroxylation is 1. The van der Waals surface area contributed by atoms with Crippen LogP contribution in [0.1, 0.15) is 22.5 Å². The quantitative estimate of drug-likeness (QED) is 0.704. The van der Waals surface area contributed by atoms with Gasteiger partial charge in [-0.05, 0) is 52.2 Å². The average molecular weight is 336 g/mol.